The molecular formula is C32H36N6+2. The lowest BCUT2D eigenvalue weighted by Crippen LogP contribution is -2.29. The maximum Gasteiger partial charge on any atom is 0.251 e. The van der Waals surface area contributed by atoms with Crippen molar-refractivity contribution in [1.29, 1.82) is 0 Å². The number of imidazole rings is 2. The van der Waals surface area contributed by atoms with Crippen LogP contribution in [0.2, 0.25) is 0 Å². The molecule has 6 heteroatoms. The van der Waals surface area contributed by atoms with Crippen molar-refractivity contribution in [2.75, 3.05) is 0 Å². The normalized spacial score (nSPS) is 13.2. The Labute approximate surface area is 224 Å². The van der Waals surface area contributed by atoms with Crippen LogP contribution in [0, 0.1) is 0 Å². The van der Waals surface area contributed by atoms with Crippen molar-refractivity contribution in [3.05, 3.63) is 89.8 Å². The van der Waals surface area contributed by atoms with Gasteiger partial charge in [0.1, 0.15) is 0 Å². The van der Waals surface area contributed by atoms with E-state index >= 15 is 0 Å². The Morgan fingerprint density at radius 3 is 2.16 bits per heavy atom. The van der Waals surface area contributed by atoms with Crippen molar-refractivity contribution >= 4 is 17.1 Å². The van der Waals surface area contributed by atoms with E-state index in [1.54, 1.807) is 0 Å². The molecule has 0 saturated carbocycles. The van der Waals surface area contributed by atoms with Crippen LogP contribution in [0.15, 0.2) is 67.3 Å². The second-order valence-electron chi connectivity index (χ2n) is 11.0. The first-order valence-electron chi connectivity index (χ1n) is 13.6. The van der Waals surface area contributed by atoms with E-state index in [1.165, 1.54) is 22.5 Å². The van der Waals surface area contributed by atoms with Gasteiger partial charge in [0.25, 0.3) is 12.7 Å². The lowest BCUT2D eigenvalue weighted by Gasteiger charge is -2.19. The summed E-state index contributed by atoms with van der Waals surface area (Å²) in [5.74, 6) is 3.25. The van der Waals surface area contributed by atoms with E-state index < -0.39 is 0 Å². The van der Waals surface area contributed by atoms with Gasteiger partial charge in [-0.05, 0) is 47.6 Å². The standard InChI is InChI=1S/C32H36N6/c1-21(2)23-12-11-13-24(22(3)4)31(23)32-33-29(37-19-35(5)25-14-7-9-16-27(25)37)18-30(34-32)38-20-36(6)26-15-8-10-17-28(26)38/h7-9,11-16,18-22H,10,17H2,1-6H3/q+2. The first-order valence-corrected chi connectivity index (χ1v) is 13.6. The van der Waals surface area contributed by atoms with Crippen molar-refractivity contribution in [2.24, 2.45) is 14.1 Å². The summed E-state index contributed by atoms with van der Waals surface area (Å²) in [6, 6.07) is 17.2. The summed E-state index contributed by atoms with van der Waals surface area (Å²) in [5.41, 5.74) is 8.53. The third-order valence-corrected chi connectivity index (χ3v) is 7.68. The molecule has 38 heavy (non-hydrogen) atoms. The van der Waals surface area contributed by atoms with Gasteiger partial charge in [-0.2, -0.15) is 19.1 Å². The van der Waals surface area contributed by atoms with Crippen LogP contribution >= 0.6 is 0 Å². The number of fused-ring (bicyclic) bond motifs is 2. The number of hydrogen-bond donors (Lipinski definition) is 0. The van der Waals surface area contributed by atoms with Crippen molar-refractivity contribution in [1.82, 2.24) is 19.1 Å². The van der Waals surface area contributed by atoms with Crippen LogP contribution in [0.5, 0.6) is 0 Å². The molecule has 2 aromatic carbocycles. The largest absolute Gasteiger partial charge is 0.251 e. The number of para-hydroxylation sites is 2. The zero-order valence-electron chi connectivity index (χ0n) is 23.2. The van der Waals surface area contributed by atoms with Gasteiger partial charge in [-0.1, -0.05) is 64.1 Å². The minimum absolute atomic E-state index is 0.354. The van der Waals surface area contributed by atoms with E-state index in [4.69, 9.17) is 9.97 Å². The quantitative estimate of drug-likeness (QED) is 0.287. The second-order valence-corrected chi connectivity index (χ2v) is 11.0. The van der Waals surface area contributed by atoms with E-state index in [1.807, 2.05) is 0 Å². The highest BCUT2D eigenvalue weighted by Crippen LogP contribution is 2.35. The van der Waals surface area contributed by atoms with Crippen LogP contribution in [0.4, 0.5) is 0 Å². The highest BCUT2D eigenvalue weighted by Gasteiger charge is 2.28. The van der Waals surface area contributed by atoms with Gasteiger partial charge < -0.3 is 0 Å². The Hall–Kier alpha value is -4.06. The molecule has 6 rings (SSSR count). The first kappa shape index (κ1) is 24.3. The molecule has 0 unspecified atom stereocenters. The Kier molecular flexibility index (Phi) is 5.98. The van der Waals surface area contributed by atoms with Crippen molar-refractivity contribution < 1.29 is 9.13 Å². The number of hydrogen-bond acceptors (Lipinski definition) is 2. The Morgan fingerprint density at radius 2 is 1.45 bits per heavy atom. The number of aryl methyl sites for hydroxylation is 2. The highest BCUT2D eigenvalue weighted by molar-refractivity contribution is 5.74. The van der Waals surface area contributed by atoms with Gasteiger partial charge in [-0.15, -0.1) is 0 Å². The molecule has 5 aromatic rings. The van der Waals surface area contributed by atoms with Gasteiger partial charge in [-0.25, -0.2) is 9.13 Å². The summed E-state index contributed by atoms with van der Waals surface area (Å²) in [6.07, 6.45) is 10.8. The SMILES string of the molecule is CC(C)c1cccc(C(C)C)c1-c1nc(-n2c[n+](C)c3c2CCC=C3)cc(-n2c[n+](C)c3ccccc32)n1. The molecule has 3 heterocycles. The molecule has 0 bridgehead atoms. The number of allylic oxidation sites excluding steroid dienone is 1. The van der Waals surface area contributed by atoms with E-state index in [2.05, 4.69) is 133 Å². The monoisotopic (exact) mass is 504 g/mol. The zero-order chi connectivity index (χ0) is 26.6. The summed E-state index contributed by atoms with van der Waals surface area (Å²) in [7, 11) is 4.19. The van der Waals surface area contributed by atoms with E-state index in [0.717, 1.165) is 46.9 Å². The molecule has 0 aliphatic heterocycles. The molecule has 3 aromatic heterocycles. The lowest BCUT2D eigenvalue weighted by atomic mass is 9.88. The minimum atomic E-state index is 0.354. The Bertz CT molecular complexity index is 1670. The molecule has 0 fully saturated rings. The molecule has 0 N–H and O–H groups in total. The van der Waals surface area contributed by atoms with Gasteiger partial charge >= 0.3 is 0 Å². The number of rotatable bonds is 5. The van der Waals surface area contributed by atoms with Crippen LogP contribution in [-0.2, 0) is 20.5 Å². The molecule has 192 valence electrons. The van der Waals surface area contributed by atoms with Crippen molar-refractivity contribution in [3.8, 4) is 23.0 Å². The third kappa shape index (κ3) is 3.95. The number of nitrogens with zero attached hydrogens (tertiary/aromatic N) is 6. The zero-order valence-corrected chi connectivity index (χ0v) is 23.2. The average Bonchev–Trinajstić information content (AvgIpc) is 3.45. The third-order valence-electron chi connectivity index (χ3n) is 7.68. The summed E-state index contributed by atoms with van der Waals surface area (Å²) < 4.78 is 8.79. The maximum absolute atomic E-state index is 5.29. The fraction of sp³-hybridized carbons (Fsp3) is 0.312. The number of benzene rings is 2. The van der Waals surface area contributed by atoms with Gasteiger partial charge in [-0.3, -0.25) is 0 Å². The Balaban J connectivity index is 1.68. The fourth-order valence-corrected chi connectivity index (χ4v) is 5.74. The summed E-state index contributed by atoms with van der Waals surface area (Å²) in [4.78, 5) is 10.6. The summed E-state index contributed by atoms with van der Waals surface area (Å²) in [5, 5.41) is 0. The first-order chi connectivity index (χ1) is 18.3. The fourth-order valence-electron chi connectivity index (χ4n) is 5.74. The topological polar surface area (TPSA) is 43.4 Å². The van der Waals surface area contributed by atoms with E-state index in [-0.39, 0.29) is 0 Å². The van der Waals surface area contributed by atoms with E-state index in [0.29, 0.717) is 11.8 Å². The molecule has 0 radical (unpaired) electrons. The summed E-state index contributed by atoms with van der Waals surface area (Å²) >= 11 is 0. The molecular weight excluding hydrogens is 468 g/mol. The van der Waals surface area contributed by atoms with Crippen LogP contribution in [0.1, 0.15) is 68.5 Å². The second kappa shape index (κ2) is 9.35. The minimum Gasteiger partial charge on any atom is -0.233 e. The molecule has 1 aliphatic carbocycles. The molecule has 0 saturated heterocycles. The number of aromatic nitrogens is 6. The van der Waals surface area contributed by atoms with Crippen LogP contribution in [0.3, 0.4) is 0 Å². The average molecular weight is 505 g/mol. The molecule has 0 spiro atoms. The van der Waals surface area contributed by atoms with Crippen molar-refractivity contribution in [3.63, 3.8) is 0 Å². The maximum atomic E-state index is 5.29. The van der Waals surface area contributed by atoms with Crippen LogP contribution in [0.25, 0.3) is 40.1 Å². The van der Waals surface area contributed by atoms with Gasteiger partial charge in [0, 0.05) is 12.0 Å². The summed E-state index contributed by atoms with van der Waals surface area (Å²) in [6.45, 7) is 9.01. The predicted molar refractivity (Wildman–Crippen MR) is 152 cm³/mol. The van der Waals surface area contributed by atoms with Gasteiger partial charge in [0.15, 0.2) is 28.2 Å². The molecule has 1 aliphatic rings. The van der Waals surface area contributed by atoms with Gasteiger partial charge in [0.2, 0.25) is 11.6 Å². The van der Waals surface area contributed by atoms with E-state index in [9.17, 15) is 0 Å². The van der Waals surface area contributed by atoms with Crippen LogP contribution < -0.4 is 9.13 Å². The smallest absolute Gasteiger partial charge is 0.233 e. The lowest BCUT2D eigenvalue weighted by molar-refractivity contribution is -0.672. The highest BCUT2D eigenvalue weighted by atomic mass is 15.2. The van der Waals surface area contributed by atoms with Crippen molar-refractivity contribution in [2.45, 2.75) is 52.4 Å². The predicted octanol–water partition coefficient (Wildman–Crippen LogP) is 5.73. The molecule has 6 nitrogen and oxygen atoms in total. The van der Waals surface area contributed by atoms with Crippen LogP contribution in [-0.4, -0.2) is 19.1 Å². The molecule has 0 atom stereocenters. The van der Waals surface area contributed by atoms with Gasteiger partial charge in [0.05, 0.1) is 20.2 Å². The molecule has 0 amide bonds. The Morgan fingerprint density at radius 1 is 0.789 bits per heavy atom.